The predicted octanol–water partition coefficient (Wildman–Crippen LogP) is 3.03. The van der Waals surface area contributed by atoms with Crippen LogP contribution < -0.4 is 10.6 Å². The fraction of sp³-hybridized carbons (Fsp3) is 0.133. The number of pyridine rings is 1. The molecule has 2 aromatic rings. The Hall–Kier alpha value is -2.11. The monoisotopic (exact) mass is 337 g/mol. The Kier molecular flexibility index (Phi) is 5.75. The molecule has 0 fully saturated rings. The quantitative estimate of drug-likeness (QED) is 0.823. The molecule has 0 saturated heterocycles. The van der Waals surface area contributed by atoms with Crippen LogP contribution in [0.25, 0.3) is 0 Å². The zero-order valence-electron chi connectivity index (χ0n) is 11.5. The number of aromatic nitrogens is 1. The van der Waals surface area contributed by atoms with Crippen molar-refractivity contribution in [2.75, 3.05) is 5.32 Å². The van der Waals surface area contributed by atoms with Gasteiger partial charge in [-0.15, -0.1) is 0 Å². The summed E-state index contributed by atoms with van der Waals surface area (Å²) >= 11 is 11.6. The Morgan fingerprint density at radius 1 is 1.00 bits per heavy atom. The van der Waals surface area contributed by atoms with Gasteiger partial charge < -0.3 is 10.6 Å². The molecule has 2 rings (SSSR count). The van der Waals surface area contributed by atoms with Gasteiger partial charge in [-0.2, -0.15) is 0 Å². The third-order valence-corrected chi connectivity index (χ3v) is 3.50. The van der Waals surface area contributed by atoms with Crippen LogP contribution in [-0.4, -0.2) is 16.8 Å². The van der Waals surface area contributed by atoms with Gasteiger partial charge in [0.1, 0.15) is 6.42 Å². The smallest absolute Gasteiger partial charge is 0.233 e. The van der Waals surface area contributed by atoms with Crippen molar-refractivity contribution in [3.8, 4) is 0 Å². The van der Waals surface area contributed by atoms with Crippen LogP contribution in [0.3, 0.4) is 0 Å². The van der Waals surface area contributed by atoms with E-state index >= 15 is 0 Å². The second kappa shape index (κ2) is 7.77. The summed E-state index contributed by atoms with van der Waals surface area (Å²) in [6.07, 6.45) is 3.00. The van der Waals surface area contributed by atoms with Crippen molar-refractivity contribution in [3.05, 3.63) is 58.3 Å². The normalized spacial score (nSPS) is 10.1. The topological polar surface area (TPSA) is 71.1 Å². The number of amides is 2. The molecule has 0 bridgehead atoms. The van der Waals surface area contributed by atoms with Crippen molar-refractivity contribution in [3.63, 3.8) is 0 Å². The second-order valence-electron chi connectivity index (χ2n) is 4.49. The number of anilines is 1. The van der Waals surface area contributed by atoms with Crippen LogP contribution in [0.1, 0.15) is 12.0 Å². The SMILES string of the molecule is O=C(CC(=O)Nc1ccc(Cl)c(Cl)c1)NCc1ccncc1. The average Bonchev–Trinajstić information content (AvgIpc) is 2.50. The summed E-state index contributed by atoms with van der Waals surface area (Å²) in [6, 6.07) is 8.28. The lowest BCUT2D eigenvalue weighted by Crippen LogP contribution is -2.27. The van der Waals surface area contributed by atoms with E-state index in [9.17, 15) is 9.59 Å². The van der Waals surface area contributed by atoms with Gasteiger partial charge in [0.05, 0.1) is 10.0 Å². The third-order valence-electron chi connectivity index (χ3n) is 2.76. The van der Waals surface area contributed by atoms with Gasteiger partial charge in [-0.05, 0) is 35.9 Å². The van der Waals surface area contributed by atoms with Crippen molar-refractivity contribution in [2.45, 2.75) is 13.0 Å². The van der Waals surface area contributed by atoms with Crippen LogP contribution in [0.4, 0.5) is 5.69 Å². The highest BCUT2D eigenvalue weighted by Gasteiger charge is 2.10. The van der Waals surface area contributed by atoms with Gasteiger partial charge in [-0.3, -0.25) is 14.6 Å². The van der Waals surface area contributed by atoms with Gasteiger partial charge in [0, 0.05) is 24.6 Å². The summed E-state index contributed by atoms with van der Waals surface area (Å²) in [6.45, 7) is 0.349. The van der Waals surface area contributed by atoms with Gasteiger partial charge in [-0.1, -0.05) is 23.2 Å². The molecule has 5 nitrogen and oxygen atoms in total. The highest BCUT2D eigenvalue weighted by Crippen LogP contribution is 2.24. The van der Waals surface area contributed by atoms with E-state index in [1.807, 2.05) is 0 Å². The number of halogens is 2. The highest BCUT2D eigenvalue weighted by molar-refractivity contribution is 6.42. The molecule has 0 unspecified atom stereocenters. The summed E-state index contributed by atoms with van der Waals surface area (Å²) in [7, 11) is 0. The Morgan fingerprint density at radius 3 is 2.41 bits per heavy atom. The molecule has 1 aromatic carbocycles. The Balaban J connectivity index is 1.81. The number of hydrogen-bond acceptors (Lipinski definition) is 3. The Morgan fingerprint density at radius 2 is 1.73 bits per heavy atom. The molecule has 0 saturated carbocycles. The molecule has 0 atom stereocenters. The van der Waals surface area contributed by atoms with Crippen LogP contribution in [-0.2, 0) is 16.1 Å². The first-order valence-electron chi connectivity index (χ1n) is 6.45. The lowest BCUT2D eigenvalue weighted by atomic mass is 10.2. The zero-order chi connectivity index (χ0) is 15.9. The summed E-state index contributed by atoms with van der Waals surface area (Å²) in [5, 5.41) is 5.98. The van der Waals surface area contributed by atoms with E-state index in [1.165, 1.54) is 6.07 Å². The molecule has 2 amide bonds. The van der Waals surface area contributed by atoms with E-state index in [-0.39, 0.29) is 12.3 Å². The molecule has 0 radical (unpaired) electrons. The van der Waals surface area contributed by atoms with Crippen LogP contribution >= 0.6 is 23.2 Å². The Labute approximate surface area is 137 Å². The van der Waals surface area contributed by atoms with Gasteiger partial charge in [0.15, 0.2) is 0 Å². The van der Waals surface area contributed by atoms with E-state index in [0.717, 1.165) is 5.56 Å². The lowest BCUT2D eigenvalue weighted by Gasteiger charge is -2.07. The van der Waals surface area contributed by atoms with Crippen molar-refractivity contribution < 1.29 is 9.59 Å². The Bertz CT molecular complexity index is 678. The van der Waals surface area contributed by atoms with Crippen molar-refractivity contribution in [1.82, 2.24) is 10.3 Å². The number of hydrogen-bond donors (Lipinski definition) is 2. The molecule has 1 heterocycles. The van der Waals surface area contributed by atoms with Crippen molar-refractivity contribution >= 4 is 40.7 Å². The summed E-state index contributed by atoms with van der Waals surface area (Å²) < 4.78 is 0. The summed E-state index contributed by atoms with van der Waals surface area (Å²) in [5.74, 6) is -0.792. The van der Waals surface area contributed by atoms with Gasteiger partial charge in [0.25, 0.3) is 0 Å². The lowest BCUT2D eigenvalue weighted by molar-refractivity contribution is -0.126. The number of rotatable bonds is 5. The van der Waals surface area contributed by atoms with Gasteiger partial charge in [0.2, 0.25) is 11.8 Å². The molecule has 2 N–H and O–H groups in total. The summed E-state index contributed by atoms with van der Waals surface area (Å²) in [5.41, 5.74) is 1.40. The standard InChI is InChI=1S/C15H13Cl2N3O2/c16-12-2-1-11(7-13(12)17)20-15(22)8-14(21)19-9-10-3-5-18-6-4-10/h1-7H,8-9H2,(H,19,21)(H,20,22). The fourth-order valence-electron chi connectivity index (χ4n) is 1.69. The highest BCUT2D eigenvalue weighted by atomic mass is 35.5. The van der Waals surface area contributed by atoms with Crippen LogP contribution in [0.15, 0.2) is 42.7 Å². The largest absolute Gasteiger partial charge is 0.352 e. The first-order chi connectivity index (χ1) is 10.5. The minimum absolute atomic E-state index is 0.272. The molecule has 0 aliphatic rings. The minimum Gasteiger partial charge on any atom is -0.352 e. The van der Waals surface area contributed by atoms with Crippen LogP contribution in [0, 0.1) is 0 Å². The van der Waals surface area contributed by atoms with E-state index in [2.05, 4.69) is 15.6 Å². The molecule has 0 aliphatic heterocycles. The third kappa shape index (κ3) is 5.02. The molecule has 1 aromatic heterocycles. The number of carbonyl (C=O) groups excluding carboxylic acids is 2. The average molecular weight is 338 g/mol. The first kappa shape index (κ1) is 16.3. The zero-order valence-corrected chi connectivity index (χ0v) is 13.0. The van der Waals surface area contributed by atoms with E-state index in [4.69, 9.17) is 23.2 Å². The second-order valence-corrected chi connectivity index (χ2v) is 5.30. The number of nitrogens with one attached hydrogen (secondary N) is 2. The minimum atomic E-state index is -0.425. The van der Waals surface area contributed by atoms with E-state index < -0.39 is 5.91 Å². The van der Waals surface area contributed by atoms with Crippen LogP contribution in [0.2, 0.25) is 10.0 Å². The maximum absolute atomic E-state index is 11.8. The maximum atomic E-state index is 11.8. The summed E-state index contributed by atoms with van der Waals surface area (Å²) in [4.78, 5) is 27.4. The van der Waals surface area contributed by atoms with Crippen molar-refractivity contribution in [2.24, 2.45) is 0 Å². The molecule has 22 heavy (non-hydrogen) atoms. The fourth-order valence-corrected chi connectivity index (χ4v) is 1.99. The molecular formula is C15H13Cl2N3O2. The predicted molar refractivity (Wildman–Crippen MR) is 85.8 cm³/mol. The molecule has 114 valence electrons. The van der Waals surface area contributed by atoms with Crippen molar-refractivity contribution in [1.29, 1.82) is 0 Å². The number of nitrogens with zero attached hydrogens (tertiary/aromatic N) is 1. The molecule has 0 aliphatic carbocycles. The molecular weight excluding hydrogens is 325 g/mol. The van der Waals surface area contributed by atoms with E-state index in [0.29, 0.717) is 22.3 Å². The number of carbonyl (C=O) groups is 2. The van der Waals surface area contributed by atoms with Gasteiger partial charge >= 0.3 is 0 Å². The van der Waals surface area contributed by atoms with E-state index in [1.54, 1.807) is 36.7 Å². The maximum Gasteiger partial charge on any atom is 0.233 e. The van der Waals surface area contributed by atoms with Gasteiger partial charge in [-0.25, -0.2) is 0 Å². The molecule has 0 spiro atoms. The first-order valence-corrected chi connectivity index (χ1v) is 7.20. The number of benzene rings is 1. The molecule has 7 heteroatoms. The van der Waals surface area contributed by atoms with Crippen LogP contribution in [0.5, 0.6) is 0 Å².